The zero-order chi connectivity index (χ0) is 27.1. The number of nitrogens with zero attached hydrogens (tertiary/aromatic N) is 2. The summed E-state index contributed by atoms with van der Waals surface area (Å²) < 4.78 is 87.2. The van der Waals surface area contributed by atoms with Crippen molar-refractivity contribution >= 4 is 10.8 Å². The van der Waals surface area contributed by atoms with E-state index in [4.69, 9.17) is 4.74 Å². The monoisotopic (exact) mass is 544 g/mol. The first kappa shape index (κ1) is 27.5. The van der Waals surface area contributed by atoms with Gasteiger partial charge in [0.1, 0.15) is 11.3 Å². The fraction of sp³-hybridized carbons (Fsp3) is 0.643. The number of rotatable bonds is 5. The normalized spacial score (nSPS) is 27.9. The quantitative estimate of drug-likeness (QED) is 0.452. The van der Waals surface area contributed by atoms with Gasteiger partial charge in [0.05, 0.1) is 12.0 Å². The number of benzene rings is 2. The first-order valence-corrected chi connectivity index (χ1v) is 13.5. The number of hydrogen-bond acceptors (Lipinski definition) is 4. The van der Waals surface area contributed by atoms with Crippen LogP contribution in [0.2, 0.25) is 0 Å². The molecule has 10 heteroatoms. The van der Waals surface area contributed by atoms with Gasteiger partial charge < -0.3 is 9.84 Å². The Morgan fingerprint density at radius 1 is 0.895 bits per heavy atom. The third kappa shape index (κ3) is 5.92. The molecule has 38 heavy (non-hydrogen) atoms. The molecule has 2 aromatic rings. The summed E-state index contributed by atoms with van der Waals surface area (Å²) in [5.41, 5.74) is 0.0377. The lowest BCUT2D eigenvalue weighted by Gasteiger charge is -2.47. The average Bonchev–Trinajstić information content (AvgIpc) is 2.87. The summed E-state index contributed by atoms with van der Waals surface area (Å²) in [6.45, 7) is 4.42. The summed E-state index contributed by atoms with van der Waals surface area (Å²) in [6, 6.07) is 8.18. The molecule has 210 valence electrons. The molecule has 1 saturated carbocycles. The first-order chi connectivity index (χ1) is 18.0. The van der Waals surface area contributed by atoms with Gasteiger partial charge in [-0.15, -0.1) is 0 Å². The smallest absolute Gasteiger partial charge is 0.420 e. The fourth-order valence-corrected chi connectivity index (χ4v) is 6.53. The number of halogens is 6. The summed E-state index contributed by atoms with van der Waals surface area (Å²) in [4.78, 5) is 4.74. The maximum atomic E-state index is 14.2. The molecule has 2 heterocycles. The SMILES string of the molecule is OC[C@H]1CCCN2CCN(Cc3ccc4c(C(F)(F)F)c(O[C@H]5CC[C@@H](C(F)(F)F)CC5)ccc4c3)C[C@@H]12. The second kappa shape index (κ2) is 10.8. The molecule has 4 nitrogen and oxygen atoms in total. The van der Waals surface area contributed by atoms with E-state index in [1.165, 1.54) is 12.1 Å². The van der Waals surface area contributed by atoms with Crippen molar-refractivity contribution in [3.05, 3.63) is 41.5 Å². The van der Waals surface area contributed by atoms with E-state index in [9.17, 15) is 31.4 Å². The van der Waals surface area contributed by atoms with E-state index >= 15 is 0 Å². The van der Waals surface area contributed by atoms with Crippen LogP contribution in [0.5, 0.6) is 5.75 Å². The minimum atomic E-state index is -4.67. The summed E-state index contributed by atoms with van der Waals surface area (Å²) in [5, 5.41) is 10.3. The highest BCUT2D eigenvalue weighted by atomic mass is 19.4. The molecule has 2 aromatic carbocycles. The zero-order valence-electron chi connectivity index (χ0n) is 21.2. The van der Waals surface area contributed by atoms with Gasteiger partial charge in [-0.3, -0.25) is 9.80 Å². The van der Waals surface area contributed by atoms with E-state index in [1.54, 1.807) is 18.2 Å². The van der Waals surface area contributed by atoms with Gasteiger partial charge in [-0.25, -0.2) is 0 Å². The zero-order valence-corrected chi connectivity index (χ0v) is 21.2. The molecule has 3 fully saturated rings. The lowest BCUT2D eigenvalue weighted by atomic mass is 9.87. The Morgan fingerprint density at radius 3 is 2.34 bits per heavy atom. The second-order valence-electron chi connectivity index (χ2n) is 11.0. The van der Waals surface area contributed by atoms with Crippen LogP contribution in [0.3, 0.4) is 0 Å². The van der Waals surface area contributed by atoms with Crippen molar-refractivity contribution in [3.8, 4) is 5.75 Å². The van der Waals surface area contributed by atoms with Crippen LogP contribution < -0.4 is 4.74 Å². The van der Waals surface area contributed by atoms with Crippen molar-refractivity contribution in [2.75, 3.05) is 32.8 Å². The third-order valence-electron chi connectivity index (χ3n) is 8.58. The topological polar surface area (TPSA) is 35.9 Å². The van der Waals surface area contributed by atoms with Crippen LogP contribution >= 0.6 is 0 Å². The number of aliphatic hydroxyl groups excluding tert-OH is 1. The molecule has 0 spiro atoms. The van der Waals surface area contributed by atoms with E-state index in [-0.39, 0.29) is 49.3 Å². The molecule has 0 radical (unpaired) electrons. The Hall–Kier alpha value is -2.04. The fourth-order valence-electron chi connectivity index (χ4n) is 6.53. The molecule has 2 aliphatic heterocycles. The van der Waals surface area contributed by atoms with Crippen LogP contribution in [0.1, 0.15) is 49.7 Å². The van der Waals surface area contributed by atoms with E-state index < -0.39 is 29.9 Å². The predicted molar refractivity (Wildman–Crippen MR) is 132 cm³/mol. The Balaban J connectivity index is 1.32. The molecule has 0 aromatic heterocycles. The molecule has 5 rings (SSSR count). The van der Waals surface area contributed by atoms with Crippen LogP contribution in [0.25, 0.3) is 10.8 Å². The van der Waals surface area contributed by atoms with Gasteiger partial charge in [0.15, 0.2) is 0 Å². The third-order valence-corrected chi connectivity index (χ3v) is 8.58. The van der Waals surface area contributed by atoms with Gasteiger partial charge >= 0.3 is 12.4 Å². The van der Waals surface area contributed by atoms with E-state index in [1.807, 2.05) is 0 Å². The first-order valence-electron chi connectivity index (χ1n) is 13.5. The minimum absolute atomic E-state index is 0.0279. The highest BCUT2D eigenvalue weighted by Gasteiger charge is 2.43. The molecule has 0 unspecified atom stereocenters. The van der Waals surface area contributed by atoms with Gasteiger partial charge in [0.2, 0.25) is 0 Å². The van der Waals surface area contributed by atoms with Crippen LogP contribution in [-0.2, 0) is 12.7 Å². The van der Waals surface area contributed by atoms with E-state index in [2.05, 4.69) is 9.80 Å². The van der Waals surface area contributed by atoms with Crippen molar-refractivity contribution in [1.29, 1.82) is 0 Å². The molecule has 1 N–H and O–H groups in total. The molecule has 2 saturated heterocycles. The van der Waals surface area contributed by atoms with Gasteiger partial charge in [-0.2, -0.15) is 26.3 Å². The van der Waals surface area contributed by atoms with Gasteiger partial charge in [0.25, 0.3) is 0 Å². The van der Waals surface area contributed by atoms with Gasteiger partial charge in [-0.1, -0.05) is 18.2 Å². The van der Waals surface area contributed by atoms with Crippen LogP contribution in [-0.4, -0.2) is 66.0 Å². The Bertz CT molecular complexity index is 1110. The molecule has 2 atom stereocenters. The highest BCUT2D eigenvalue weighted by molar-refractivity contribution is 5.89. The maximum absolute atomic E-state index is 14.2. The average molecular weight is 545 g/mol. The number of piperazine rings is 1. The Labute approximate surface area is 218 Å². The Kier molecular flexibility index (Phi) is 7.86. The number of ether oxygens (including phenoxy) is 1. The summed E-state index contributed by atoms with van der Waals surface area (Å²) in [6.07, 6.45) is -7.66. The summed E-state index contributed by atoms with van der Waals surface area (Å²) in [7, 11) is 0. The van der Waals surface area contributed by atoms with Crippen molar-refractivity contribution in [2.45, 2.75) is 69.6 Å². The van der Waals surface area contributed by atoms with Gasteiger partial charge in [-0.05, 0) is 79.5 Å². The van der Waals surface area contributed by atoms with Crippen molar-refractivity contribution in [2.24, 2.45) is 11.8 Å². The molecular weight excluding hydrogens is 510 g/mol. The molecule has 0 bridgehead atoms. The van der Waals surface area contributed by atoms with Crippen LogP contribution in [0, 0.1) is 11.8 Å². The summed E-state index contributed by atoms with van der Waals surface area (Å²) >= 11 is 0. The number of aliphatic hydroxyl groups is 1. The second-order valence-corrected chi connectivity index (χ2v) is 11.0. The largest absolute Gasteiger partial charge is 0.490 e. The molecule has 1 aliphatic carbocycles. The van der Waals surface area contributed by atoms with Crippen molar-refractivity contribution in [1.82, 2.24) is 9.80 Å². The number of piperidine rings is 1. The molecule has 3 aliphatic rings. The van der Waals surface area contributed by atoms with Crippen molar-refractivity contribution in [3.63, 3.8) is 0 Å². The van der Waals surface area contributed by atoms with Crippen LogP contribution in [0.15, 0.2) is 30.3 Å². The highest BCUT2D eigenvalue weighted by Crippen LogP contribution is 2.44. The lowest BCUT2D eigenvalue weighted by Crippen LogP contribution is -2.58. The number of fused-ring (bicyclic) bond motifs is 2. The number of alkyl halides is 6. The summed E-state index contributed by atoms with van der Waals surface area (Å²) in [5.74, 6) is -1.49. The van der Waals surface area contributed by atoms with Gasteiger partial charge in [0, 0.05) is 38.8 Å². The van der Waals surface area contributed by atoms with Crippen molar-refractivity contribution < 1.29 is 36.2 Å². The van der Waals surface area contributed by atoms with E-state index in [0.29, 0.717) is 18.0 Å². The Morgan fingerprint density at radius 2 is 1.66 bits per heavy atom. The molecular formula is C28H34F6N2O2. The van der Waals surface area contributed by atoms with E-state index in [0.717, 1.165) is 44.6 Å². The number of hydrogen-bond donors (Lipinski definition) is 1. The maximum Gasteiger partial charge on any atom is 0.420 e. The lowest BCUT2D eigenvalue weighted by molar-refractivity contribution is -0.185. The standard InChI is InChI=1S/C28H34F6N2O2/c29-27(30,31)21-5-7-22(8-6-21)38-25-10-4-19-14-18(3-9-23(19)26(25)28(32,33)34)15-35-12-13-36-11-1-2-20(17-37)24(36)16-35/h3-4,9-10,14,20-22,24,37H,1-2,5-8,11-13,15-17H2/t20-,21-,22+,24+/m1/s1. The van der Waals surface area contributed by atoms with Crippen LogP contribution in [0.4, 0.5) is 26.3 Å². The minimum Gasteiger partial charge on any atom is -0.490 e. The molecule has 0 amide bonds. The predicted octanol–water partition coefficient (Wildman–Crippen LogP) is 6.25.